The number of benzene rings is 1. The molecule has 0 amide bonds. The molecular formula is C15H20N2O2S. The van der Waals surface area contributed by atoms with Crippen LogP contribution in [0.1, 0.15) is 32.0 Å². The van der Waals surface area contributed by atoms with Crippen molar-refractivity contribution >= 4 is 11.3 Å². The third-order valence-electron chi connectivity index (χ3n) is 3.09. The first-order valence-electron chi connectivity index (χ1n) is 6.72. The first-order chi connectivity index (χ1) is 9.65. The number of rotatable bonds is 6. The van der Waals surface area contributed by atoms with Crippen molar-refractivity contribution in [3.05, 3.63) is 29.3 Å². The average Bonchev–Trinajstić information content (AvgIpc) is 2.94. The van der Waals surface area contributed by atoms with Gasteiger partial charge in [0, 0.05) is 17.0 Å². The summed E-state index contributed by atoms with van der Waals surface area (Å²) in [7, 11) is 1.54. The van der Waals surface area contributed by atoms with E-state index in [0.29, 0.717) is 5.75 Å². The number of aromatic hydroxyl groups is 1. The summed E-state index contributed by atoms with van der Waals surface area (Å²) in [5, 5.41) is 16.2. The highest BCUT2D eigenvalue weighted by Crippen LogP contribution is 2.33. The number of hydrogen-bond donors (Lipinski definition) is 2. The molecule has 0 saturated heterocycles. The molecule has 2 aromatic rings. The van der Waals surface area contributed by atoms with E-state index >= 15 is 0 Å². The van der Waals surface area contributed by atoms with Crippen molar-refractivity contribution in [2.45, 2.75) is 26.3 Å². The molecule has 4 nitrogen and oxygen atoms in total. The highest BCUT2D eigenvalue weighted by molar-refractivity contribution is 7.13. The highest BCUT2D eigenvalue weighted by atomic mass is 32.1. The summed E-state index contributed by atoms with van der Waals surface area (Å²) < 4.78 is 5.05. The summed E-state index contributed by atoms with van der Waals surface area (Å²) in [4.78, 5) is 4.63. The standard InChI is InChI=1S/C15H20N2O2S/c1-4-7-16-10(2)12-9-20-15(17-12)11-5-6-14(19-3)13(18)8-11/h5-6,8-10,16,18H,4,7H2,1-3H3. The third kappa shape index (κ3) is 3.29. The molecule has 108 valence electrons. The van der Waals surface area contributed by atoms with Gasteiger partial charge in [-0.2, -0.15) is 0 Å². The fourth-order valence-electron chi connectivity index (χ4n) is 1.91. The molecule has 2 N–H and O–H groups in total. The number of phenolic OH excluding ortho intramolecular Hbond substituents is 1. The summed E-state index contributed by atoms with van der Waals surface area (Å²) in [6, 6.07) is 5.59. The minimum atomic E-state index is 0.138. The van der Waals surface area contributed by atoms with Gasteiger partial charge in [-0.15, -0.1) is 11.3 Å². The van der Waals surface area contributed by atoms with Gasteiger partial charge in [0.15, 0.2) is 11.5 Å². The summed E-state index contributed by atoms with van der Waals surface area (Å²) >= 11 is 1.58. The van der Waals surface area contributed by atoms with Crippen LogP contribution in [-0.2, 0) is 0 Å². The quantitative estimate of drug-likeness (QED) is 0.854. The Kier molecular flexibility index (Phi) is 4.98. The van der Waals surface area contributed by atoms with Crippen LogP contribution in [0.3, 0.4) is 0 Å². The number of ether oxygens (including phenoxy) is 1. The van der Waals surface area contributed by atoms with Gasteiger partial charge < -0.3 is 15.2 Å². The molecule has 0 saturated carbocycles. The topological polar surface area (TPSA) is 54.4 Å². The zero-order chi connectivity index (χ0) is 14.5. The monoisotopic (exact) mass is 292 g/mol. The van der Waals surface area contributed by atoms with E-state index in [1.165, 1.54) is 7.11 Å². The Labute approximate surface area is 123 Å². The lowest BCUT2D eigenvalue weighted by atomic mass is 10.2. The van der Waals surface area contributed by atoms with Crippen molar-refractivity contribution in [1.29, 1.82) is 0 Å². The lowest BCUT2D eigenvalue weighted by Gasteiger charge is -2.09. The van der Waals surface area contributed by atoms with Crippen LogP contribution in [0.15, 0.2) is 23.6 Å². The summed E-state index contributed by atoms with van der Waals surface area (Å²) in [5.74, 6) is 0.613. The largest absolute Gasteiger partial charge is 0.504 e. The number of methoxy groups -OCH3 is 1. The molecule has 1 heterocycles. The minimum absolute atomic E-state index is 0.138. The lowest BCUT2D eigenvalue weighted by Crippen LogP contribution is -2.19. The van der Waals surface area contributed by atoms with Gasteiger partial charge in [0.2, 0.25) is 0 Å². The van der Waals surface area contributed by atoms with E-state index < -0.39 is 0 Å². The zero-order valence-corrected chi connectivity index (χ0v) is 12.8. The Morgan fingerprint density at radius 2 is 2.25 bits per heavy atom. The molecule has 0 fully saturated rings. The molecule has 0 aliphatic heterocycles. The van der Waals surface area contributed by atoms with Gasteiger partial charge in [-0.1, -0.05) is 6.92 Å². The Morgan fingerprint density at radius 1 is 1.45 bits per heavy atom. The normalized spacial score (nSPS) is 12.3. The lowest BCUT2D eigenvalue weighted by molar-refractivity contribution is 0.373. The molecule has 1 aromatic heterocycles. The Hall–Kier alpha value is -1.59. The van der Waals surface area contributed by atoms with E-state index in [0.717, 1.165) is 29.2 Å². The summed E-state index contributed by atoms with van der Waals surface area (Å²) in [5.41, 5.74) is 1.94. The van der Waals surface area contributed by atoms with Gasteiger partial charge >= 0.3 is 0 Å². The second kappa shape index (κ2) is 6.72. The molecule has 0 aliphatic carbocycles. The van der Waals surface area contributed by atoms with Gasteiger partial charge in [-0.05, 0) is 38.1 Å². The Morgan fingerprint density at radius 3 is 2.90 bits per heavy atom. The van der Waals surface area contributed by atoms with Crippen molar-refractivity contribution in [3.8, 4) is 22.1 Å². The molecule has 0 aliphatic rings. The molecular weight excluding hydrogens is 272 g/mol. The van der Waals surface area contributed by atoms with Crippen molar-refractivity contribution in [2.75, 3.05) is 13.7 Å². The molecule has 0 bridgehead atoms. The van der Waals surface area contributed by atoms with E-state index in [4.69, 9.17) is 4.74 Å². The van der Waals surface area contributed by atoms with Gasteiger partial charge in [-0.25, -0.2) is 4.98 Å². The maximum Gasteiger partial charge on any atom is 0.160 e. The molecule has 1 aromatic carbocycles. The van der Waals surface area contributed by atoms with Crippen LogP contribution < -0.4 is 10.1 Å². The van der Waals surface area contributed by atoms with Crippen molar-refractivity contribution in [3.63, 3.8) is 0 Å². The van der Waals surface area contributed by atoms with Crippen molar-refractivity contribution in [1.82, 2.24) is 10.3 Å². The predicted octanol–water partition coefficient (Wildman–Crippen LogP) is 3.58. The van der Waals surface area contributed by atoms with Crippen molar-refractivity contribution < 1.29 is 9.84 Å². The van der Waals surface area contributed by atoms with Crippen LogP contribution in [0.4, 0.5) is 0 Å². The zero-order valence-electron chi connectivity index (χ0n) is 12.0. The number of nitrogens with one attached hydrogen (secondary N) is 1. The van der Waals surface area contributed by atoms with E-state index in [9.17, 15) is 5.11 Å². The van der Waals surface area contributed by atoms with Crippen LogP contribution in [0.5, 0.6) is 11.5 Å². The van der Waals surface area contributed by atoms with Crippen LogP contribution >= 0.6 is 11.3 Å². The minimum Gasteiger partial charge on any atom is -0.504 e. The third-order valence-corrected chi connectivity index (χ3v) is 4.00. The number of phenols is 1. The van der Waals surface area contributed by atoms with E-state index in [2.05, 4.69) is 29.5 Å². The fraction of sp³-hybridized carbons (Fsp3) is 0.400. The van der Waals surface area contributed by atoms with Gasteiger partial charge in [0.1, 0.15) is 5.01 Å². The SMILES string of the molecule is CCCNC(C)c1csc(-c2ccc(OC)c(O)c2)n1. The first kappa shape index (κ1) is 14.8. The second-order valence-electron chi connectivity index (χ2n) is 4.64. The van der Waals surface area contributed by atoms with E-state index in [1.54, 1.807) is 23.5 Å². The smallest absolute Gasteiger partial charge is 0.160 e. The van der Waals surface area contributed by atoms with Crippen LogP contribution in [0, 0.1) is 0 Å². The molecule has 0 spiro atoms. The number of aromatic nitrogens is 1. The van der Waals surface area contributed by atoms with Crippen LogP contribution in [0.2, 0.25) is 0 Å². The molecule has 1 atom stereocenters. The molecule has 1 unspecified atom stereocenters. The maximum atomic E-state index is 9.82. The van der Waals surface area contributed by atoms with Gasteiger partial charge in [-0.3, -0.25) is 0 Å². The number of thiazole rings is 1. The van der Waals surface area contributed by atoms with Crippen molar-refractivity contribution in [2.24, 2.45) is 0 Å². The Balaban J connectivity index is 2.18. The number of hydrogen-bond acceptors (Lipinski definition) is 5. The second-order valence-corrected chi connectivity index (χ2v) is 5.50. The first-order valence-corrected chi connectivity index (χ1v) is 7.59. The summed E-state index contributed by atoms with van der Waals surface area (Å²) in [6.07, 6.45) is 1.10. The Bertz CT molecular complexity index is 569. The highest BCUT2D eigenvalue weighted by Gasteiger charge is 2.12. The number of nitrogens with zero attached hydrogens (tertiary/aromatic N) is 1. The molecule has 20 heavy (non-hydrogen) atoms. The van der Waals surface area contributed by atoms with Gasteiger partial charge in [0.25, 0.3) is 0 Å². The molecule has 0 radical (unpaired) electrons. The molecule has 2 rings (SSSR count). The van der Waals surface area contributed by atoms with E-state index in [-0.39, 0.29) is 11.8 Å². The predicted molar refractivity (Wildman–Crippen MR) is 82.5 cm³/mol. The summed E-state index contributed by atoms with van der Waals surface area (Å²) in [6.45, 7) is 5.24. The van der Waals surface area contributed by atoms with E-state index in [1.807, 2.05) is 6.07 Å². The van der Waals surface area contributed by atoms with Crippen LogP contribution in [-0.4, -0.2) is 23.7 Å². The average molecular weight is 292 g/mol. The van der Waals surface area contributed by atoms with Crippen LogP contribution in [0.25, 0.3) is 10.6 Å². The molecule has 5 heteroatoms. The van der Waals surface area contributed by atoms with Gasteiger partial charge in [0.05, 0.1) is 12.8 Å². The maximum absolute atomic E-state index is 9.82. The fourth-order valence-corrected chi connectivity index (χ4v) is 2.82.